The lowest BCUT2D eigenvalue weighted by molar-refractivity contribution is 0.137. The predicted molar refractivity (Wildman–Crippen MR) is 74.9 cm³/mol. The number of hydrogen-bond donors (Lipinski definition) is 1. The molecule has 0 atom stereocenters. The van der Waals surface area contributed by atoms with Crippen molar-refractivity contribution in [3.8, 4) is 5.88 Å². The number of hydrogen-bond acceptors (Lipinski definition) is 3. The van der Waals surface area contributed by atoms with Crippen molar-refractivity contribution in [1.29, 1.82) is 0 Å². The third kappa shape index (κ3) is 2.52. The molecule has 0 amide bonds. The van der Waals surface area contributed by atoms with Gasteiger partial charge in [0.2, 0.25) is 5.88 Å². The van der Waals surface area contributed by atoms with E-state index in [1.807, 2.05) is 36.7 Å². The van der Waals surface area contributed by atoms with Crippen molar-refractivity contribution in [3.05, 3.63) is 22.7 Å². The molecule has 1 heterocycles. The minimum absolute atomic E-state index is 0.116. The van der Waals surface area contributed by atoms with Crippen molar-refractivity contribution < 1.29 is 9.84 Å². The summed E-state index contributed by atoms with van der Waals surface area (Å²) in [5, 5.41) is 14.8. The average molecular weight is 313 g/mol. The molecule has 1 aromatic heterocycles. The molecule has 0 bridgehead atoms. The minimum Gasteiger partial charge on any atom is -0.479 e. The van der Waals surface area contributed by atoms with Crippen molar-refractivity contribution in [1.82, 2.24) is 9.78 Å². The number of nitrogens with zero attached hydrogens (tertiary/aromatic N) is 2. The van der Waals surface area contributed by atoms with Gasteiger partial charge < -0.3 is 9.84 Å². The summed E-state index contributed by atoms with van der Waals surface area (Å²) in [5.41, 5.74) is 0.787. The molecule has 2 rings (SSSR count). The lowest BCUT2D eigenvalue weighted by atomic mass is 9.95. The second-order valence-electron chi connectivity index (χ2n) is 5.15. The third-order valence-electron chi connectivity index (χ3n) is 2.88. The van der Waals surface area contributed by atoms with Gasteiger partial charge >= 0.3 is 0 Å². The quantitative estimate of drug-likeness (QED) is 0.944. The Labute approximate surface area is 115 Å². The van der Waals surface area contributed by atoms with E-state index in [0.717, 1.165) is 15.4 Å². The average Bonchev–Trinajstić information content (AvgIpc) is 2.66. The first kappa shape index (κ1) is 13.4. The summed E-state index contributed by atoms with van der Waals surface area (Å²) in [4.78, 5) is 0. The SMILES string of the molecule is COc1nn(CC(C)(C)CO)c2cc(Br)ccc12. The highest BCUT2D eigenvalue weighted by molar-refractivity contribution is 9.10. The van der Waals surface area contributed by atoms with Gasteiger partial charge in [0.05, 0.1) is 18.0 Å². The standard InChI is InChI=1S/C13H17BrN2O2/c1-13(2,8-17)7-16-11-6-9(14)4-5-10(11)12(15-16)18-3/h4-6,17H,7-8H2,1-3H3. The zero-order valence-electron chi connectivity index (χ0n) is 10.8. The molecule has 2 aromatic rings. The van der Waals surface area contributed by atoms with E-state index in [-0.39, 0.29) is 12.0 Å². The van der Waals surface area contributed by atoms with Gasteiger partial charge in [-0.3, -0.25) is 4.68 Å². The summed E-state index contributed by atoms with van der Waals surface area (Å²) in [6, 6.07) is 5.96. The highest BCUT2D eigenvalue weighted by Crippen LogP contribution is 2.29. The molecule has 4 nitrogen and oxygen atoms in total. The van der Waals surface area contributed by atoms with Crippen LogP contribution < -0.4 is 4.74 Å². The third-order valence-corrected chi connectivity index (χ3v) is 3.37. The van der Waals surface area contributed by atoms with Gasteiger partial charge in [0.1, 0.15) is 0 Å². The van der Waals surface area contributed by atoms with Crippen LogP contribution in [0.3, 0.4) is 0 Å². The molecule has 98 valence electrons. The molecule has 5 heteroatoms. The van der Waals surface area contributed by atoms with E-state index < -0.39 is 0 Å². The maximum atomic E-state index is 9.36. The van der Waals surface area contributed by atoms with Gasteiger partial charge in [-0.15, -0.1) is 5.10 Å². The fourth-order valence-corrected chi connectivity index (χ4v) is 2.19. The van der Waals surface area contributed by atoms with Crippen LogP contribution in [0, 0.1) is 5.41 Å². The second-order valence-corrected chi connectivity index (χ2v) is 6.07. The number of methoxy groups -OCH3 is 1. The first-order valence-electron chi connectivity index (χ1n) is 5.78. The van der Waals surface area contributed by atoms with Gasteiger partial charge in [0.25, 0.3) is 0 Å². The van der Waals surface area contributed by atoms with Gasteiger partial charge in [-0.25, -0.2) is 0 Å². The lowest BCUT2D eigenvalue weighted by Crippen LogP contribution is -2.24. The van der Waals surface area contributed by atoms with Crippen LogP contribution in [0.4, 0.5) is 0 Å². The molecule has 0 aliphatic rings. The van der Waals surface area contributed by atoms with Crippen LogP contribution in [0.25, 0.3) is 10.9 Å². The normalized spacial score (nSPS) is 12.1. The van der Waals surface area contributed by atoms with Crippen molar-refractivity contribution in [2.75, 3.05) is 13.7 Å². The number of benzene rings is 1. The molecule has 0 aliphatic carbocycles. The summed E-state index contributed by atoms with van der Waals surface area (Å²) >= 11 is 3.46. The molecular weight excluding hydrogens is 296 g/mol. The van der Waals surface area contributed by atoms with Gasteiger partial charge in [0, 0.05) is 23.0 Å². The maximum Gasteiger partial charge on any atom is 0.240 e. The number of aromatic nitrogens is 2. The molecule has 0 unspecified atom stereocenters. The zero-order valence-corrected chi connectivity index (χ0v) is 12.4. The Morgan fingerprint density at radius 3 is 2.78 bits per heavy atom. The smallest absolute Gasteiger partial charge is 0.240 e. The summed E-state index contributed by atoms with van der Waals surface area (Å²) in [5.74, 6) is 0.617. The lowest BCUT2D eigenvalue weighted by Gasteiger charge is -2.21. The van der Waals surface area contributed by atoms with Gasteiger partial charge in [-0.2, -0.15) is 0 Å². The Hall–Kier alpha value is -1.07. The predicted octanol–water partition coefficient (Wildman–Crippen LogP) is 2.83. The van der Waals surface area contributed by atoms with Crippen LogP contribution in [0.5, 0.6) is 5.88 Å². The highest BCUT2D eigenvalue weighted by Gasteiger charge is 2.21. The van der Waals surface area contributed by atoms with Gasteiger partial charge in [-0.1, -0.05) is 29.8 Å². The van der Waals surface area contributed by atoms with Crippen molar-refractivity contribution in [2.45, 2.75) is 20.4 Å². The molecule has 18 heavy (non-hydrogen) atoms. The Morgan fingerprint density at radius 1 is 1.44 bits per heavy atom. The fourth-order valence-electron chi connectivity index (χ4n) is 1.84. The van der Waals surface area contributed by atoms with E-state index in [2.05, 4.69) is 21.0 Å². The van der Waals surface area contributed by atoms with Crippen LogP contribution >= 0.6 is 15.9 Å². The Bertz CT molecular complexity index is 563. The maximum absolute atomic E-state index is 9.36. The fraction of sp³-hybridized carbons (Fsp3) is 0.462. The minimum atomic E-state index is -0.216. The van der Waals surface area contributed by atoms with Crippen molar-refractivity contribution >= 4 is 26.8 Å². The summed E-state index contributed by atoms with van der Waals surface area (Å²) in [6.07, 6.45) is 0. The molecule has 0 saturated heterocycles. The molecule has 1 N–H and O–H groups in total. The molecule has 0 spiro atoms. The van der Waals surface area contributed by atoms with Crippen molar-refractivity contribution in [3.63, 3.8) is 0 Å². The Morgan fingerprint density at radius 2 is 2.17 bits per heavy atom. The number of rotatable bonds is 4. The van der Waals surface area contributed by atoms with Crippen LogP contribution in [0.1, 0.15) is 13.8 Å². The molecule has 1 aromatic carbocycles. The highest BCUT2D eigenvalue weighted by atomic mass is 79.9. The summed E-state index contributed by atoms with van der Waals surface area (Å²) in [6.45, 7) is 4.76. The largest absolute Gasteiger partial charge is 0.479 e. The molecule has 0 radical (unpaired) electrons. The molecule has 0 saturated carbocycles. The van der Waals surface area contributed by atoms with E-state index in [9.17, 15) is 5.11 Å². The Balaban J connectivity index is 2.53. The van der Waals surface area contributed by atoms with Crippen LogP contribution in [0.2, 0.25) is 0 Å². The first-order chi connectivity index (χ1) is 8.46. The monoisotopic (exact) mass is 312 g/mol. The van der Waals surface area contributed by atoms with E-state index in [0.29, 0.717) is 12.4 Å². The second kappa shape index (κ2) is 4.90. The number of ether oxygens (including phenoxy) is 1. The van der Waals surface area contributed by atoms with Gasteiger partial charge in [0.15, 0.2) is 0 Å². The molecule has 0 aliphatic heterocycles. The molecule has 0 fully saturated rings. The van der Waals surface area contributed by atoms with Gasteiger partial charge in [-0.05, 0) is 18.2 Å². The number of halogens is 1. The van der Waals surface area contributed by atoms with E-state index in [1.165, 1.54) is 0 Å². The van der Waals surface area contributed by atoms with Crippen molar-refractivity contribution in [2.24, 2.45) is 5.41 Å². The van der Waals surface area contributed by atoms with Crippen LogP contribution in [0.15, 0.2) is 22.7 Å². The van der Waals surface area contributed by atoms with E-state index in [1.54, 1.807) is 7.11 Å². The summed E-state index contributed by atoms with van der Waals surface area (Å²) < 4.78 is 8.17. The number of aliphatic hydroxyl groups is 1. The molecular formula is C13H17BrN2O2. The number of fused-ring (bicyclic) bond motifs is 1. The topological polar surface area (TPSA) is 47.3 Å². The first-order valence-corrected chi connectivity index (χ1v) is 6.57. The number of aliphatic hydroxyl groups excluding tert-OH is 1. The van der Waals surface area contributed by atoms with E-state index >= 15 is 0 Å². The van der Waals surface area contributed by atoms with Crippen LogP contribution in [-0.2, 0) is 6.54 Å². The Kier molecular flexibility index (Phi) is 3.64. The van der Waals surface area contributed by atoms with Crippen LogP contribution in [-0.4, -0.2) is 28.6 Å². The van der Waals surface area contributed by atoms with E-state index in [4.69, 9.17) is 4.74 Å². The zero-order chi connectivity index (χ0) is 13.3. The summed E-state index contributed by atoms with van der Waals surface area (Å²) in [7, 11) is 1.62.